The lowest BCUT2D eigenvalue weighted by Crippen LogP contribution is -2.00. The number of benzene rings is 2. The van der Waals surface area contributed by atoms with Gasteiger partial charge in [0.15, 0.2) is 5.43 Å². The van der Waals surface area contributed by atoms with E-state index >= 15 is 0 Å². The Bertz CT molecular complexity index is 808. The average Bonchev–Trinajstić information content (AvgIpc) is 2.46. The van der Waals surface area contributed by atoms with Crippen LogP contribution in [0.3, 0.4) is 0 Å². The van der Waals surface area contributed by atoms with Gasteiger partial charge in [0.1, 0.15) is 17.9 Å². The van der Waals surface area contributed by atoms with E-state index in [4.69, 9.17) is 20.8 Å². The van der Waals surface area contributed by atoms with Gasteiger partial charge in [-0.2, -0.15) is 0 Å². The van der Waals surface area contributed by atoms with Crippen LogP contribution in [-0.2, 0) is 6.61 Å². The third kappa shape index (κ3) is 2.68. The van der Waals surface area contributed by atoms with Crippen LogP contribution >= 0.6 is 11.6 Å². The summed E-state index contributed by atoms with van der Waals surface area (Å²) >= 11 is 5.92. The molecule has 0 saturated carbocycles. The van der Waals surface area contributed by atoms with E-state index in [2.05, 4.69) is 0 Å². The van der Waals surface area contributed by atoms with Gasteiger partial charge in [-0.1, -0.05) is 23.7 Å². The molecular weight excluding hydrogens is 276 g/mol. The maximum absolute atomic E-state index is 11.7. The summed E-state index contributed by atoms with van der Waals surface area (Å²) in [5.41, 5.74) is 1.43. The Balaban J connectivity index is 1.84. The zero-order chi connectivity index (χ0) is 13.9. The van der Waals surface area contributed by atoms with Crippen molar-refractivity contribution in [3.05, 3.63) is 75.6 Å². The molecule has 0 aliphatic carbocycles. The third-order valence-electron chi connectivity index (χ3n) is 2.93. The van der Waals surface area contributed by atoms with E-state index in [1.165, 1.54) is 12.3 Å². The van der Waals surface area contributed by atoms with Crippen molar-refractivity contribution in [2.45, 2.75) is 6.61 Å². The molecule has 0 amide bonds. The van der Waals surface area contributed by atoms with Gasteiger partial charge in [-0.15, -0.1) is 0 Å². The van der Waals surface area contributed by atoms with Crippen molar-refractivity contribution in [1.82, 2.24) is 0 Å². The second kappa shape index (κ2) is 5.39. The van der Waals surface area contributed by atoms with Gasteiger partial charge in [0.05, 0.1) is 11.6 Å². The largest absolute Gasteiger partial charge is 0.489 e. The molecule has 0 aliphatic rings. The highest BCUT2D eigenvalue weighted by molar-refractivity contribution is 6.30. The van der Waals surface area contributed by atoms with Crippen LogP contribution in [0.1, 0.15) is 5.56 Å². The summed E-state index contributed by atoms with van der Waals surface area (Å²) < 4.78 is 10.9. The maximum Gasteiger partial charge on any atom is 0.192 e. The first kappa shape index (κ1) is 12.8. The molecule has 0 aliphatic heterocycles. The topological polar surface area (TPSA) is 39.4 Å². The summed E-state index contributed by atoms with van der Waals surface area (Å²) in [6.45, 7) is 0.393. The average molecular weight is 287 g/mol. The zero-order valence-corrected chi connectivity index (χ0v) is 11.3. The minimum Gasteiger partial charge on any atom is -0.489 e. The molecule has 0 N–H and O–H groups in total. The molecule has 20 heavy (non-hydrogen) atoms. The molecule has 0 fully saturated rings. The van der Waals surface area contributed by atoms with Gasteiger partial charge >= 0.3 is 0 Å². The van der Waals surface area contributed by atoms with Gasteiger partial charge < -0.3 is 9.15 Å². The Kier molecular flexibility index (Phi) is 3.44. The summed E-state index contributed by atoms with van der Waals surface area (Å²) in [5.74, 6) is 0.621. The first-order valence-electron chi connectivity index (χ1n) is 6.11. The molecule has 3 nitrogen and oxygen atoms in total. The first-order chi connectivity index (χ1) is 9.72. The van der Waals surface area contributed by atoms with Crippen molar-refractivity contribution in [3.63, 3.8) is 0 Å². The highest BCUT2D eigenvalue weighted by atomic mass is 35.5. The Morgan fingerprint density at radius 1 is 1.10 bits per heavy atom. The van der Waals surface area contributed by atoms with Crippen LogP contribution in [-0.4, -0.2) is 0 Å². The second-order valence-corrected chi connectivity index (χ2v) is 4.80. The molecule has 0 spiro atoms. The van der Waals surface area contributed by atoms with E-state index in [0.29, 0.717) is 28.3 Å². The van der Waals surface area contributed by atoms with Crippen molar-refractivity contribution in [2.75, 3.05) is 0 Å². The van der Waals surface area contributed by atoms with E-state index in [9.17, 15) is 4.79 Å². The Hall–Kier alpha value is -2.26. The number of halogens is 1. The molecule has 100 valence electrons. The van der Waals surface area contributed by atoms with E-state index in [1.54, 1.807) is 18.2 Å². The van der Waals surface area contributed by atoms with Gasteiger partial charge in [0.25, 0.3) is 0 Å². The molecule has 1 heterocycles. The fraction of sp³-hybridized carbons (Fsp3) is 0.0625. The van der Waals surface area contributed by atoms with Crippen LogP contribution < -0.4 is 10.2 Å². The maximum atomic E-state index is 11.7. The molecule has 2 aromatic carbocycles. The van der Waals surface area contributed by atoms with Crippen LogP contribution in [0.4, 0.5) is 0 Å². The molecule has 1 aromatic heterocycles. The number of hydrogen-bond acceptors (Lipinski definition) is 3. The van der Waals surface area contributed by atoms with Gasteiger partial charge in [-0.3, -0.25) is 4.79 Å². The lowest BCUT2D eigenvalue weighted by Gasteiger charge is -2.07. The lowest BCUT2D eigenvalue weighted by molar-refractivity contribution is 0.306. The molecule has 0 saturated heterocycles. The minimum absolute atomic E-state index is 0.0838. The van der Waals surface area contributed by atoms with E-state index < -0.39 is 0 Å². The quantitative estimate of drug-likeness (QED) is 0.730. The number of hydrogen-bond donors (Lipinski definition) is 0. The van der Waals surface area contributed by atoms with Gasteiger partial charge in [0, 0.05) is 11.1 Å². The highest BCUT2D eigenvalue weighted by Crippen LogP contribution is 2.20. The zero-order valence-electron chi connectivity index (χ0n) is 10.5. The van der Waals surface area contributed by atoms with Crippen molar-refractivity contribution in [1.29, 1.82) is 0 Å². The van der Waals surface area contributed by atoms with Crippen LogP contribution in [0.25, 0.3) is 11.0 Å². The van der Waals surface area contributed by atoms with E-state index in [0.717, 1.165) is 5.56 Å². The fourth-order valence-electron chi connectivity index (χ4n) is 1.95. The Morgan fingerprint density at radius 2 is 2.00 bits per heavy atom. The van der Waals surface area contributed by atoms with Crippen LogP contribution in [0.15, 0.2) is 64.0 Å². The highest BCUT2D eigenvalue weighted by Gasteiger charge is 2.03. The van der Waals surface area contributed by atoms with Crippen molar-refractivity contribution >= 4 is 22.6 Å². The van der Waals surface area contributed by atoms with Crippen molar-refractivity contribution in [3.8, 4) is 5.75 Å². The number of ether oxygens (including phenoxy) is 1. The third-order valence-corrected chi connectivity index (χ3v) is 3.16. The predicted molar refractivity (Wildman–Crippen MR) is 78.3 cm³/mol. The summed E-state index contributed by atoms with van der Waals surface area (Å²) in [6, 6.07) is 14.0. The standard InChI is InChI=1S/C16H11ClO3/c17-12-3-1-2-11(8-12)10-20-13-4-5-16-14(9-13)15(18)6-7-19-16/h1-9H,10H2. The molecule has 4 heteroatoms. The first-order valence-corrected chi connectivity index (χ1v) is 6.49. The molecular formula is C16H11ClO3. The summed E-state index contributed by atoms with van der Waals surface area (Å²) in [6.07, 6.45) is 1.39. The number of fused-ring (bicyclic) bond motifs is 1. The smallest absolute Gasteiger partial charge is 0.192 e. The summed E-state index contributed by atoms with van der Waals surface area (Å²) in [4.78, 5) is 11.7. The van der Waals surface area contributed by atoms with Gasteiger partial charge in [-0.05, 0) is 35.9 Å². The van der Waals surface area contributed by atoms with Gasteiger partial charge in [0.2, 0.25) is 0 Å². The van der Waals surface area contributed by atoms with E-state index in [-0.39, 0.29) is 5.43 Å². The summed E-state index contributed by atoms with van der Waals surface area (Å²) in [7, 11) is 0. The lowest BCUT2D eigenvalue weighted by atomic mass is 10.2. The normalized spacial score (nSPS) is 10.7. The summed E-state index contributed by atoms with van der Waals surface area (Å²) in [5, 5.41) is 1.18. The van der Waals surface area contributed by atoms with Crippen LogP contribution in [0.5, 0.6) is 5.75 Å². The second-order valence-electron chi connectivity index (χ2n) is 4.36. The molecule has 0 bridgehead atoms. The van der Waals surface area contributed by atoms with Crippen LogP contribution in [0, 0.1) is 0 Å². The van der Waals surface area contributed by atoms with Crippen LogP contribution in [0.2, 0.25) is 5.02 Å². The molecule has 0 unspecified atom stereocenters. The molecule has 0 radical (unpaired) electrons. The van der Waals surface area contributed by atoms with E-state index in [1.807, 2.05) is 24.3 Å². The predicted octanol–water partition coefficient (Wildman–Crippen LogP) is 4.03. The SMILES string of the molecule is O=c1ccoc2ccc(OCc3cccc(Cl)c3)cc12. The minimum atomic E-state index is -0.0838. The Labute approximate surface area is 120 Å². The van der Waals surface area contributed by atoms with Crippen molar-refractivity contribution < 1.29 is 9.15 Å². The fourth-order valence-corrected chi connectivity index (χ4v) is 2.16. The molecule has 3 aromatic rings. The van der Waals surface area contributed by atoms with Crippen molar-refractivity contribution in [2.24, 2.45) is 0 Å². The number of rotatable bonds is 3. The monoisotopic (exact) mass is 286 g/mol. The molecule has 3 rings (SSSR count). The van der Waals surface area contributed by atoms with Gasteiger partial charge in [-0.25, -0.2) is 0 Å². The molecule has 0 atom stereocenters. The Morgan fingerprint density at radius 3 is 2.85 bits per heavy atom.